The van der Waals surface area contributed by atoms with E-state index in [-0.39, 0.29) is 29.6 Å². The van der Waals surface area contributed by atoms with Crippen LogP contribution in [0.25, 0.3) is 0 Å². The Morgan fingerprint density at radius 3 is 2.73 bits per heavy atom. The van der Waals surface area contributed by atoms with E-state index in [9.17, 15) is 19.5 Å². The van der Waals surface area contributed by atoms with Gasteiger partial charge in [0.15, 0.2) is 0 Å². The molecule has 4 aliphatic rings. The first-order valence-corrected chi connectivity index (χ1v) is 11.7. The minimum absolute atomic E-state index is 0.0640. The van der Waals surface area contributed by atoms with Gasteiger partial charge in [-0.05, 0) is 19.8 Å². The largest absolute Gasteiger partial charge is 0.394 e. The molecule has 2 bridgehead atoms. The van der Waals surface area contributed by atoms with Crippen LogP contribution in [0.1, 0.15) is 19.8 Å². The van der Waals surface area contributed by atoms with Crippen LogP contribution < -0.4 is 10.6 Å². The summed E-state index contributed by atoms with van der Waals surface area (Å²) < 4.78 is 4.77. The first kappa shape index (κ1) is 21.9. The molecule has 4 aliphatic heterocycles. The predicted molar refractivity (Wildman–Crippen MR) is 112 cm³/mol. The molecule has 30 heavy (non-hydrogen) atoms. The number of amides is 3. The highest BCUT2D eigenvalue weighted by molar-refractivity contribution is 8.02. The molecule has 6 atom stereocenters. The van der Waals surface area contributed by atoms with Crippen LogP contribution in [-0.2, 0) is 19.1 Å². The lowest BCUT2D eigenvalue weighted by atomic mass is 9.71. The Kier molecular flexibility index (Phi) is 6.30. The second-order valence-corrected chi connectivity index (χ2v) is 10.3. The van der Waals surface area contributed by atoms with Gasteiger partial charge in [0, 0.05) is 38.5 Å². The number of thioether (sulfide) groups is 1. The van der Waals surface area contributed by atoms with Gasteiger partial charge < -0.3 is 25.4 Å². The van der Waals surface area contributed by atoms with Crippen LogP contribution >= 0.6 is 11.8 Å². The lowest BCUT2D eigenvalue weighted by Crippen LogP contribution is -2.56. The van der Waals surface area contributed by atoms with Crippen LogP contribution in [0.2, 0.25) is 0 Å². The van der Waals surface area contributed by atoms with Crippen molar-refractivity contribution in [3.05, 3.63) is 0 Å². The monoisotopic (exact) mass is 440 g/mol. The smallest absolute Gasteiger partial charge is 0.244 e. The summed E-state index contributed by atoms with van der Waals surface area (Å²) in [6.45, 7) is 5.89. The maximum atomic E-state index is 13.5. The summed E-state index contributed by atoms with van der Waals surface area (Å²) in [7, 11) is 1.59. The van der Waals surface area contributed by atoms with Crippen LogP contribution in [0.3, 0.4) is 0 Å². The maximum Gasteiger partial charge on any atom is 0.244 e. The van der Waals surface area contributed by atoms with Crippen molar-refractivity contribution >= 4 is 29.5 Å². The molecule has 4 rings (SSSR count). The number of carbonyl (C=O) groups excluding carboxylic acids is 3. The molecule has 0 aromatic rings. The number of hydrogen-bond acceptors (Lipinski definition) is 7. The Morgan fingerprint density at radius 1 is 1.33 bits per heavy atom. The third kappa shape index (κ3) is 3.41. The summed E-state index contributed by atoms with van der Waals surface area (Å²) in [5, 5.41) is 15.6. The number of fused-ring (bicyclic) bond motifs is 1. The highest BCUT2D eigenvalue weighted by atomic mass is 32.2. The van der Waals surface area contributed by atoms with E-state index in [1.165, 1.54) is 0 Å². The third-order valence-electron chi connectivity index (χ3n) is 7.11. The van der Waals surface area contributed by atoms with Gasteiger partial charge in [0.1, 0.15) is 6.04 Å². The van der Waals surface area contributed by atoms with Crippen molar-refractivity contribution in [2.24, 2.45) is 11.8 Å². The van der Waals surface area contributed by atoms with Gasteiger partial charge in [0.25, 0.3) is 0 Å². The van der Waals surface area contributed by atoms with Crippen LogP contribution in [0.15, 0.2) is 0 Å². The van der Waals surface area contributed by atoms with Gasteiger partial charge in [-0.2, -0.15) is 0 Å². The van der Waals surface area contributed by atoms with Crippen LogP contribution in [0, 0.1) is 11.8 Å². The average Bonchev–Trinajstić information content (AvgIpc) is 3.40. The highest BCUT2D eigenvalue weighted by Gasteiger charge is 2.73. The zero-order chi connectivity index (χ0) is 21.5. The first-order chi connectivity index (χ1) is 14.4. The SMILES string of the molecule is CNC(=O)[C@@H]1[C@@H]2CCC3(S2)C(C(=O)NCCN2CCOCC2)N([C@H](C)CO)C(=O)[C@H]13. The average molecular weight is 441 g/mol. The Morgan fingerprint density at radius 2 is 2.07 bits per heavy atom. The summed E-state index contributed by atoms with van der Waals surface area (Å²) in [6.07, 6.45) is 1.56. The van der Waals surface area contributed by atoms with Crippen molar-refractivity contribution in [3.63, 3.8) is 0 Å². The minimum atomic E-state index is -0.661. The quantitative estimate of drug-likeness (QED) is 0.449. The van der Waals surface area contributed by atoms with Crippen LogP contribution in [0.4, 0.5) is 0 Å². The standard InChI is InChI=1S/C20H32N4O5S/c1-12(11-25)24-16(18(27)22-5-6-23-7-9-29-10-8-23)20-4-3-13(30-20)14(17(26)21-2)15(20)19(24)28/h12-16,25H,3-11H2,1-2H3,(H,21,26)(H,22,27)/t12-,13+,14-,15+,16?,20?/m1/s1. The van der Waals surface area contributed by atoms with E-state index < -0.39 is 28.7 Å². The zero-order valence-electron chi connectivity index (χ0n) is 17.6. The van der Waals surface area contributed by atoms with E-state index in [1.54, 1.807) is 30.6 Å². The molecule has 168 valence electrons. The number of hydrogen-bond donors (Lipinski definition) is 3. The summed E-state index contributed by atoms with van der Waals surface area (Å²) in [4.78, 5) is 43.2. The molecule has 0 radical (unpaired) electrons. The Balaban J connectivity index is 1.54. The van der Waals surface area contributed by atoms with Gasteiger partial charge in [-0.15, -0.1) is 11.8 Å². The second-order valence-electron chi connectivity index (χ2n) is 8.69. The number of nitrogens with zero attached hydrogens (tertiary/aromatic N) is 2. The van der Waals surface area contributed by atoms with Crippen molar-refractivity contribution in [3.8, 4) is 0 Å². The van der Waals surface area contributed by atoms with Crippen molar-refractivity contribution in [1.82, 2.24) is 20.4 Å². The normalized spacial score (nSPS) is 36.6. The summed E-state index contributed by atoms with van der Waals surface area (Å²) in [5.41, 5.74) is 0. The maximum absolute atomic E-state index is 13.5. The molecule has 0 aliphatic carbocycles. The van der Waals surface area contributed by atoms with E-state index in [2.05, 4.69) is 15.5 Å². The zero-order valence-corrected chi connectivity index (χ0v) is 18.5. The molecule has 3 N–H and O–H groups in total. The molecule has 1 spiro atoms. The molecule has 9 nitrogen and oxygen atoms in total. The van der Waals surface area contributed by atoms with Gasteiger partial charge >= 0.3 is 0 Å². The van der Waals surface area contributed by atoms with Gasteiger partial charge in [-0.1, -0.05) is 0 Å². The summed E-state index contributed by atoms with van der Waals surface area (Å²) in [5.74, 6) is -1.40. The lowest BCUT2D eigenvalue weighted by molar-refractivity contribution is -0.142. The van der Waals surface area contributed by atoms with E-state index in [4.69, 9.17) is 4.74 Å². The number of ether oxygens (including phenoxy) is 1. The van der Waals surface area contributed by atoms with Crippen molar-refractivity contribution < 1.29 is 24.2 Å². The molecule has 2 unspecified atom stereocenters. The summed E-state index contributed by atoms with van der Waals surface area (Å²) in [6, 6.07) is -1.14. The summed E-state index contributed by atoms with van der Waals surface area (Å²) >= 11 is 1.64. The number of morpholine rings is 1. The van der Waals surface area contributed by atoms with Gasteiger partial charge in [-0.25, -0.2) is 0 Å². The van der Waals surface area contributed by atoms with Crippen molar-refractivity contribution in [2.45, 2.75) is 41.8 Å². The first-order valence-electron chi connectivity index (χ1n) is 10.8. The number of nitrogens with one attached hydrogen (secondary N) is 2. The molecule has 3 amide bonds. The minimum Gasteiger partial charge on any atom is -0.394 e. The van der Waals surface area contributed by atoms with Crippen LogP contribution in [-0.4, -0.2) is 108 Å². The number of likely N-dealkylation sites (tertiary alicyclic amines) is 1. The van der Waals surface area contributed by atoms with E-state index in [0.717, 1.165) is 32.5 Å². The number of rotatable bonds is 7. The fourth-order valence-corrected chi connectivity index (χ4v) is 7.88. The Labute approximate surface area is 181 Å². The van der Waals surface area contributed by atoms with Crippen molar-refractivity contribution in [2.75, 3.05) is 53.0 Å². The molecule has 0 aromatic carbocycles. The lowest BCUT2D eigenvalue weighted by Gasteiger charge is -2.36. The van der Waals surface area contributed by atoms with Gasteiger partial charge in [0.2, 0.25) is 17.7 Å². The topological polar surface area (TPSA) is 111 Å². The third-order valence-corrected chi connectivity index (χ3v) is 9.06. The van der Waals surface area contributed by atoms with Gasteiger partial charge in [0.05, 0.1) is 42.4 Å². The Bertz CT molecular complexity index is 703. The van der Waals surface area contributed by atoms with E-state index >= 15 is 0 Å². The number of aliphatic hydroxyl groups excluding tert-OH is 1. The second kappa shape index (κ2) is 8.64. The number of carbonyl (C=O) groups is 3. The predicted octanol–water partition coefficient (Wildman–Crippen LogP) is -1.35. The molecular formula is C20H32N4O5S. The molecule has 4 heterocycles. The fourth-order valence-electron chi connectivity index (χ4n) is 5.68. The van der Waals surface area contributed by atoms with E-state index in [1.807, 2.05) is 0 Å². The Hall–Kier alpha value is -1.36. The molecule has 0 saturated carbocycles. The molecular weight excluding hydrogens is 408 g/mol. The fraction of sp³-hybridized carbons (Fsp3) is 0.850. The van der Waals surface area contributed by atoms with Crippen LogP contribution in [0.5, 0.6) is 0 Å². The van der Waals surface area contributed by atoms with E-state index in [0.29, 0.717) is 19.8 Å². The molecule has 4 saturated heterocycles. The van der Waals surface area contributed by atoms with Crippen molar-refractivity contribution in [1.29, 1.82) is 0 Å². The highest BCUT2D eigenvalue weighted by Crippen LogP contribution is 2.66. The number of aliphatic hydroxyl groups is 1. The molecule has 0 aromatic heterocycles. The van der Waals surface area contributed by atoms with Gasteiger partial charge in [-0.3, -0.25) is 19.3 Å². The molecule has 10 heteroatoms. The molecule has 4 fully saturated rings.